The van der Waals surface area contributed by atoms with Crippen molar-refractivity contribution in [3.8, 4) is 0 Å². The molecule has 1 spiro atoms. The molecule has 5 rings (SSSR count). The smallest absolute Gasteiger partial charge is 0.344 e. The van der Waals surface area contributed by atoms with E-state index in [1.165, 1.54) is 7.11 Å². The van der Waals surface area contributed by atoms with Crippen molar-refractivity contribution in [3.05, 3.63) is 47.7 Å². The fourth-order valence-electron chi connectivity index (χ4n) is 5.07. The molecule has 1 N–H and O–H groups in total. The van der Waals surface area contributed by atoms with Crippen molar-refractivity contribution in [2.75, 3.05) is 20.2 Å². The fourth-order valence-corrected chi connectivity index (χ4v) is 5.07. The zero-order chi connectivity index (χ0) is 18.8. The highest BCUT2D eigenvalue weighted by Gasteiger charge is 2.64. The first-order valence-electron chi connectivity index (χ1n) is 9.35. The van der Waals surface area contributed by atoms with Crippen LogP contribution >= 0.6 is 0 Å². The molecule has 1 aromatic heterocycles. The number of aromatic nitrogens is 1. The van der Waals surface area contributed by atoms with Crippen molar-refractivity contribution in [2.24, 2.45) is 5.41 Å². The van der Waals surface area contributed by atoms with Gasteiger partial charge in [0.25, 0.3) is 0 Å². The molecule has 2 aromatic rings. The normalized spacial score (nSPS) is 32.0. The number of fused-ring (bicyclic) bond motifs is 6. The second-order valence-corrected chi connectivity index (χ2v) is 7.72. The summed E-state index contributed by atoms with van der Waals surface area (Å²) in [5, 5.41) is 1.06. The standard InChI is InChI=1S/C21H22N2O4/c1-13-20-9-5-10-23(18(20)24)11-8-15-14-6-3-4-7-16(14)22-17(15)21(12-20,27-13)19(25)26-2/h3-7,9,13,22H,8,10-12H2,1-2H3. The number of methoxy groups -OCH3 is 1. The van der Waals surface area contributed by atoms with E-state index in [2.05, 4.69) is 4.98 Å². The summed E-state index contributed by atoms with van der Waals surface area (Å²) in [6, 6.07) is 7.99. The van der Waals surface area contributed by atoms with Gasteiger partial charge in [-0.25, -0.2) is 4.79 Å². The van der Waals surface area contributed by atoms with Gasteiger partial charge in [-0.1, -0.05) is 30.4 Å². The highest BCUT2D eigenvalue weighted by molar-refractivity contribution is 5.93. The molecular formula is C21H22N2O4. The number of amides is 1. The number of carbonyl (C=O) groups excluding carboxylic acids is 2. The summed E-state index contributed by atoms with van der Waals surface area (Å²) in [6.07, 6.45) is 4.44. The molecule has 0 saturated carbocycles. The fraction of sp³-hybridized carbons (Fsp3) is 0.429. The molecular weight excluding hydrogens is 344 g/mol. The maximum atomic E-state index is 13.3. The van der Waals surface area contributed by atoms with E-state index >= 15 is 0 Å². The van der Waals surface area contributed by atoms with Crippen molar-refractivity contribution in [3.63, 3.8) is 0 Å². The predicted octanol–water partition coefficient (Wildman–Crippen LogP) is 2.29. The Labute approximate surface area is 157 Å². The molecule has 1 saturated heterocycles. The molecule has 0 aliphatic carbocycles. The largest absolute Gasteiger partial charge is 0.467 e. The lowest BCUT2D eigenvalue weighted by Crippen LogP contribution is -2.49. The Balaban J connectivity index is 1.82. The zero-order valence-electron chi connectivity index (χ0n) is 15.5. The van der Waals surface area contributed by atoms with Gasteiger partial charge in [0, 0.05) is 30.4 Å². The number of H-pyrrole nitrogens is 1. The Kier molecular flexibility index (Phi) is 3.35. The van der Waals surface area contributed by atoms with Gasteiger partial charge in [-0.05, 0) is 25.0 Å². The van der Waals surface area contributed by atoms with E-state index in [9.17, 15) is 9.59 Å². The first-order chi connectivity index (χ1) is 13.0. The van der Waals surface area contributed by atoms with Crippen LogP contribution in [0.5, 0.6) is 0 Å². The Morgan fingerprint density at radius 2 is 2.19 bits per heavy atom. The number of aromatic amines is 1. The van der Waals surface area contributed by atoms with Crippen LogP contribution in [0.4, 0.5) is 0 Å². The van der Waals surface area contributed by atoms with Crippen LogP contribution in [-0.2, 0) is 31.1 Å². The highest BCUT2D eigenvalue weighted by Crippen LogP contribution is 2.54. The maximum Gasteiger partial charge on any atom is 0.344 e. The number of ether oxygens (including phenoxy) is 2. The molecule has 6 heteroatoms. The molecule has 3 aliphatic heterocycles. The van der Waals surface area contributed by atoms with Gasteiger partial charge in [-0.3, -0.25) is 4.79 Å². The summed E-state index contributed by atoms with van der Waals surface area (Å²) >= 11 is 0. The van der Waals surface area contributed by atoms with Gasteiger partial charge < -0.3 is 19.4 Å². The monoisotopic (exact) mass is 366 g/mol. The van der Waals surface area contributed by atoms with Crippen molar-refractivity contribution in [1.29, 1.82) is 0 Å². The molecule has 3 unspecified atom stereocenters. The molecule has 4 heterocycles. The number of benzene rings is 1. The van der Waals surface area contributed by atoms with Crippen LogP contribution < -0.4 is 0 Å². The van der Waals surface area contributed by atoms with Gasteiger partial charge in [0.1, 0.15) is 0 Å². The molecule has 3 atom stereocenters. The van der Waals surface area contributed by atoms with Gasteiger partial charge in [-0.15, -0.1) is 0 Å². The Bertz CT molecular complexity index is 993. The van der Waals surface area contributed by atoms with Crippen LogP contribution in [0.2, 0.25) is 0 Å². The van der Waals surface area contributed by atoms with Crippen LogP contribution in [0, 0.1) is 5.41 Å². The molecule has 140 valence electrons. The van der Waals surface area contributed by atoms with E-state index in [0.717, 1.165) is 22.2 Å². The highest BCUT2D eigenvalue weighted by atomic mass is 16.6. The number of nitrogens with one attached hydrogen (secondary N) is 1. The van der Waals surface area contributed by atoms with Gasteiger partial charge in [0.2, 0.25) is 11.5 Å². The minimum absolute atomic E-state index is 0.0396. The number of esters is 1. The van der Waals surface area contributed by atoms with Crippen molar-refractivity contribution in [2.45, 2.75) is 31.5 Å². The van der Waals surface area contributed by atoms with Crippen molar-refractivity contribution >= 4 is 22.8 Å². The Hall–Kier alpha value is -2.60. The average Bonchev–Trinajstić information content (AvgIpc) is 3.19. The average molecular weight is 366 g/mol. The van der Waals surface area contributed by atoms with E-state index in [-0.39, 0.29) is 12.3 Å². The van der Waals surface area contributed by atoms with Crippen LogP contribution in [0.25, 0.3) is 10.9 Å². The summed E-state index contributed by atoms with van der Waals surface area (Å²) in [7, 11) is 1.37. The van der Waals surface area contributed by atoms with Gasteiger partial charge >= 0.3 is 5.97 Å². The number of rotatable bonds is 1. The van der Waals surface area contributed by atoms with Gasteiger partial charge in [-0.2, -0.15) is 0 Å². The summed E-state index contributed by atoms with van der Waals surface area (Å²) in [4.78, 5) is 31.7. The first kappa shape index (κ1) is 16.6. The summed E-state index contributed by atoms with van der Waals surface area (Å²) < 4.78 is 11.5. The SMILES string of the molecule is COC(=O)C12CC3(C=CCN(CCc4c1[nH]c1ccccc41)C3=O)C(C)O2. The Morgan fingerprint density at radius 1 is 1.37 bits per heavy atom. The predicted molar refractivity (Wildman–Crippen MR) is 99.0 cm³/mol. The molecule has 27 heavy (non-hydrogen) atoms. The third-order valence-corrected chi connectivity index (χ3v) is 6.44. The second kappa shape index (κ2) is 5.45. The van der Waals surface area contributed by atoms with E-state index in [0.29, 0.717) is 19.5 Å². The van der Waals surface area contributed by atoms with Gasteiger partial charge in [0.15, 0.2) is 0 Å². The topological polar surface area (TPSA) is 71.6 Å². The minimum Gasteiger partial charge on any atom is -0.467 e. The van der Waals surface area contributed by atoms with Crippen LogP contribution in [0.15, 0.2) is 36.4 Å². The van der Waals surface area contributed by atoms with Crippen LogP contribution in [0.3, 0.4) is 0 Å². The zero-order valence-corrected chi connectivity index (χ0v) is 15.5. The summed E-state index contributed by atoms with van der Waals surface area (Å²) in [5.41, 5.74) is 0.571. The lowest BCUT2D eigenvalue weighted by Gasteiger charge is -2.37. The summed E-state index contributed by atoms with van der Waals surface area (Å²) in [6.45, 7) is 3.08. The number of carbonyl (C=O) groups is 2. The number of para-hydroxylation sites is 1. The quantitative estimate of drug-likeness (QED) is 0.621. The maximum absolute atomic E-state index is 13.3. The lowest BCUT2D eigenvalue weighted by molar-refractivity contribution is -0.170. The van der Waals surface area contributed by atoms with Crippen molar-refractivity contribution in [1.82, 2.24) is 9.88 Å². The molecule has 6 nitrogen and oxygen atoms in total. The van der Waals surface area contributed by atoms with E-state index in [1.807, 2.05) is 48.2 Å². The first-order valence-corrected chi connectivity index (χ1v) is 9.35. The number of nitrogens with zero attached hydrogens (tertiary/aromatic N) is 1. The Morgan fingerprint density at radius 3 is 3.00 bits per heavy atom. The molecule has 3 aliphatic rings. The third kappa shape index (κ3) is 1.99. The summed E-state index contributed by atoms with van der Waals surface area (Å²) in [5.74, 6) is -0.419. The number of hydrogen-bond donors (Lipinski definition) is 1. The van der Waals surface area contributed by atoms with Crippen molar-refractivity contribution < 1.29 is 19.1 Å². The minimum atomic E-state index is -1.31. The lowest BCUT2D eigenvalue weighted by atomic mass is 9.73. The van der Waals surface area contributed by atoms with Gasteiger partial charge in [0.05, 0.1) is 24.3 Å². The third-order valence-electron chi connectivity index (χ3n) is 6.44. The van der Waals surface area contributed by atoms with Crippen LogP contribution in [0.1, 0.15) is 24.6 Å². The molecule has 3 bridgehead atoms. The van der Waals surface area contributed by atoms with E-state index < -0.39 is 23.1 Å². The van der Waals surface area contributed by atoms with E-state index in [1.54, 1.807) is 0 Å². The molecule has 1 fully saturated rings. The molecule has 1 amide bonds. The van der Waals surface area contributed by atoms with Crippen LogP contribution in [-0.4, -0.2) is 48.1 Å². The second-order valence-electron chi connectivity index (χ2n) is 7.72. The van der Waals surface area contributed by atoms with E-state index in [4.69, 9.17) is 9.47 Å². The molecule has 1 aromatic carbocycles. The molecule has 0 radical (unpaired) electrons. The number of hydrogen-bond acceptors (Lipinski definition) is 4.